The van der Waals surface area contributed by atoms with Crippen LogP contribution in [0.2, 0.25) is 0 Å². The van der Waals surface area contributed by atoms with Crippen LogP contribution in [-0.4, -0.2) is 16.1 Å². The van der Waals surface area contributed by atoms with Gasteiger partial charge in [0.1, 0.15) is 18.0 Å². The molecule has 100 valence electrons. The van der Waals surface area contributed by atoms with Crippen LogP contribution in [0.5, 0.6) is 0 Å². The maximum atomic E-state index is 11.7. The fourth-order valence-electron chi connectivity index (χ4n) is 1.61. The second-order valence-electron chi connectivity index (χ2n) is 3.95. The third-order valence-electron chi connectivity index (χ3n) is 2.55. The lowest BCUT2D eigenvalue weighted by atomic mass is 10.3. The fraction of sp³-hybridized carbons (Fsp3) is 0.0714. The molecule has 3 rings (SSSR count). The highest BCUT2D eigenvalue weighted by molar-refractivity contribution is 7.13. The Bertz CT molecular complexity index is 692. The molecule has 0 saturated heterocycles. The van der Waals surface area contributed by atoms with Gasteiger partial charge in [-0.15, -0.1) is 11.3 Å². The number of pyridine rings is 1. The number of hydrogen-bond donors (Lipinski definition) is 0. The van der Waals surface area contributed by atoms with Gasteiger partial charge in [0.05, 0.1) is 4.88 Å². The molecule has 0 aromatic carbocycles. The molecule has 0 bridgehead atoms. The van der Waals surface area contributed by atoms with Crippen LogP contribution in [0.1, 0.15) is 16.2 Å². The molecule has 0 atom stereocenters. The quantitative estimate of drug-likeness (QED) is 0.689. The summed E-state index contributed by atoms with van der Waals surface area (Å²) in [6.07, 6.45) is 1.54. The standard InChI is InChI=1S/C14H10N2O3S/c17-14(11-4-1-2-6-15-11)18-9-10-8-12(19-16-10)13-5-3-7-20-13/h1-8H,9H2. The van der Waals surface area contributed by atoms with E-state index in [4.69, 9.17) is 9.26 Å². The van der Waals surface area contributed by atoms with E-state index >= 15 is 0 Å². The Balaban J connectivity index is 1.63. The molecule has 0 spiro atoms. The third kappa shape index (κ3) is 2.75. The molecular formula is C14H10N2O3S. The number of aromatic nitrogens is 2. The lowest BCUT2D eigenvalue weighted by Crippen LogP contribution is -2.06. The minimum absolute atomic E-state index is 0.0598. The number of nitrogens with zero attached hydrogens (tertiary/aromatic N) is 2. The summed E-state index contributed by atoms with van der Waals surface area (Å²) in [5.74, 6) is 0.190. The molecule has 0 aliphatic carbocycles. The summed E-state index contributed by atoms with van der Waals surface area (Å²) < 4.78 is 10.3. The first kappa shape index (κ1) is 12.6. The van der Waals surface area contributed by atoms with Gasteiger partial charge >= 0.3 is 5.97 Å². The Kier molecular flexibility index (Phi) is 3.56. The van der Waals surface area contributed by atoms with E-state index in [1.54, 1.807) is 41.8 Å². The fourth-order valence-corrected chi connectivity index (χ4v) is 2.28. The van der Waals surface area contributed by atoms with E-state index < -0.39 is 5.97 Å². The van der Waals surface area contributed by atoms with Crippen molar-refractivity contribution in [2.24, 2.45) is 0 Å². The molecule has 6 heteroatoms. The van der Waals surface area contributed by atoms with Crippen molar-refractivity contribution in [1.29, 1.82) is 0 Å². The second kappa shape index (κ2) is 5.66. The van der Waals surface area contributed by atoms with Gasteiger partial charge in [0.15, 0.2) is 5.76 Å². The maximum absolute atomic E-state index is 11.7. The van der Waals surface area contributed by atoms with E-state index in [0.717, 1.165) is 4.88 Å². The number of thiophene rings is 1. The molecule has 20 heavy (non-hydrogen) atoms. The Morgan fingerprint density at radius 1 is 1.30 bits per heavy atom. The van der Waals surface area contributed by atoms with Crippen molar-refractivity contribution >= 4 is 17.3 Å². The molecule has 3 aromatic heterocycles. The zero-order chi connectivity index (χ0) is 13.8. The molecule has 3 heterocycles. The first-order chi connectivity index (χ1) is 9.83. The third-order valence-corrected chi connectivity index (χ3v) is 3.43. The van der Waals surface area contributed by atoms with Crippen LogP contribution in [0, 0.1) is 0 Å². The van der Waals surface area contributed by atoms with E-state index in [0.29, 0.717) is 11.5 Å². The summed E-state index contributed by atoms with van der Waals surface area (Å²) in [5, 5.41) is 5.83. The van der Waals surface area contributed by atoms with E-state index in [1.165, 1.54) is 0 Å². The van der Waals surface area contributed by atoms with Gasteiger partial charge in [-0.05, 0) is 23.6 Å². The Labute approximate surface area is 118 Å². The van der Waals surface area contributed by atoms with Gasteiger partial charge in [-0.2, -0.15) is 0 Å². The van der Waals surface area contributed by atoms with Crippen LogP contribution >= 0.6 is 11.3 Å². The summed E-state index contributed by atoms with van der Waals surface area (Å²) in [6, 6.07) is 10.7. The van der Waals surface area contributed by atoms with Crippen molar-refractivity contribution < 1.29 is 14.1 Å². The second-order valence-corrected chi connectivity index (χ2v) is 4.90. The van der Waals surface area contributed by atoms with E-state index in [2.05, 4.69) is 10.1 Å². The minimum Gasteiger partial charge on any atom is -0.454 e. The zero-order valence-corrected chi connectivity index (χ0v) is 11.2. The minimum atomic E-state index is -0.480. The average molecular weight is 286 g/mol. The number of rotatable bonds is 4. The predicted octanol–water partition coefficient (Wildman–Crippen LogP) is 3.16. The van der Waals surface area contributed by atoms with Crippen molar-refractivity contribution in [3.8, 4) is 10.6 Å². The molecule has 5 nitrogen and oxygen atoms in total. The first-order valence-corrected chi connectivity index (χ1v) is 6.78. The van der Waals surface area contributed by atoms with Crippen LogP contribution in [0.4, 0.5) is 0 Å². The van der Waals surface area contributed by atoms with Crippen LogP contribution in [-0.2, 0) is 11.3 Å². The predicted molar refractivity (Wildman–Crippen MR) is 73.2 cm³/mol. The Morgan fingerprint density at radius 3 is 3.00 bits per heavy atom. The van der Waals surface area contributed by atoms with Crippen LogP contribution in [0.3, 0.4) is 0 Å². The first-order valence-electron chi connectivity index (χ1n) is 5.90. The number of carbonyl (C=O) groups is 1. The summed E-state index contributed by atoms with van der Waals surface area (Å²) in [7, 11) is 0. The molecule has 0 amide bonds. The van der Waals surface area contributed by atoms with Crippen LogP contribution in [0.15, 0.2) is 52.5 Å². The van der Waals surface area contributed by atoms with Gasteiger partial charge < -0.3 is 9.26 Å². The number of carbonyl (C=O) groups excluding carboxylic acids is 1. The van der Waals surface area contributed by atoms with Gasteiger partial charge in [0.2, 0.25) is 0 Å². The summed E-state index contributed by atoms with van der Waals surface area (Å²) >= 11 is 1.56. The van der Waals surface area contributed by atoms with Crippen molar-refractivity contribution in [2.45, 2.75) is 6.61 Å². The van der Waals surface area contributed by atoms with Crippen molar-refractivity contribution in [3.05, 3.63) is 59.4 Å². The molecule has 0 saturated carbocycles. The Morgan fingerprint density at radius 2 is 2.25 bits per heavy atom. The molecular weight excluding hydrogens is 276 g/mol. The lowest BCUT2D eigenvalue weighted by Gasteiger charge is -2.00. The summed E-state index contributed by atoms with van der Waals surface area (Å²) in [6.45, 7) is 0.0598. The normalized spacial score (nSPS) is 10.4. The molecule has 0 unspecified atom stereocenters. The highest BCUT2D eigenvalue weighted by atomic mass is 32.1. The number of hydrogen-bond acceptors (Lipinski definition) is 6. The van der Waals surface area contributed by atoms with Crippen molar-refractivity contribution in [3.63, 3.8) is 0 Å². The van der Waals surface area contributed by atoms with E-state index in [-0.39, 0.29) is 12.3 Å². The average Bonchev–Trinajstić information content (AvgIpc) is 3.16. The number of esters is 1. The molecule has 0 aliphatic rings. The lowest BCUT2D eigenvalue weighted by molar-refractivity contribution is 0.0457. The van der Waals surface area contributed by atoms with Crippen molar-refractivity contribution in [2.75, 3.05) is 0 Å². The molecule has 0 aliphatic heterocycles. The highest BCUT2D eigenvalue weighted by Crippen LogP contribution is 2.25. The largest absolute Gasteiger partial charge is 0.454 e. The monoisotopic (exact) mass is 286 g/mol. The van der Waals surface area contributed by atoms with Crippen LogP contribution < -0.4 is 0 Å². The molecule has 0 radical (unpaired) electrons. The van der Waals surface area contributed by atoms with Gasteiger partial charge in [-0.3, -0.25) is 0 Å². The van der Waals surface area contributed by atoms with E-state index in [9.17, 15) is 4.79 Å². The zero-order valence-electron chi connectivity index (χ0n) is 10.4. The topological polar surface area (TPSA) is 65.2 Å². The van der Waals surface area contributed by atoms with E-state index in [1.807, 2.05) is 17.5 Å². The van der Waals surface area contributed by atoms with Gasteiger partial charge in [0, 0.05) is 12.3 Å². The van der Waals surface area contributed by atoms with Crippen molar-refractivity contribution in [1.82, 2.24) is 10.1 Å². The molecule has 0 N–H and O–H groups in total. The summed E-state index contributed by atoms with van der Waals surface area (Å²) in [5.41, 5.74) is 0.840. The smallest absolute Gasteiger partial charge is 0.357 e. The SMILES string of the molecule is O=C(OCc1cc(-c2cccs2)on1)c1ccccn1. The van der Waals surface area contributed by atoms with Gasteiger partial charge in [-0.25, -0.2) is 9.78 Å². The summed E-state index contributed by atoms with van der Waals surface area (Å²) in [4.78, 5) is 16.6. The molecule has 3 aromatic rings. The number of ether oxygens (including phenoxy) is 1. The maximum Gasteiger partial charge on any atom is 0.357 e. The van der Waals surface area contributed by atoms with Gasteiger partial charge in [0.25, 0.3) is 0 Å². The molecule has 0 fully saturated rings. The van der Waals surface area contributed by atoms with Crippen LogP contribution in [0.25, 0.3) is 10.6 Å². The highest BCUT2D eigenvalue weighted by Gasteiger charge is 2.11. The Hall–Kier alpha value is -2.47. The van der Waals surface area contributed by atoms with Gasteiger partial charge in [-0.1, -0.05) is 17.3 Å².